The first kappa shape index (κ1) is 16.8. The maximum absolute atomic E-state index is 5.55. The van der Waals surface area contributed by atoms with E-state index in [1.165, 1.54) is 68.6 Å². The Morgan fingerprint density at radius 2 is 1.19 bits per heavy atom. The number of hydrogen-bond acceptors (Lipinski definition) is 0. The van der Waals surface area contributed by atoms with Crippen LogP contribution in [0.5, 0.6) is 0 Å². The standard InChI is InChI=1S/C14H26ClI/c15-13-11-9-7-5-3-1-2-4-6-8-10-12-14-16/h9,11H,1-8,10,12-14H2. The van der Waals surface area contributed by atoms with Crippen molar-refractivity contribution in [3.8, 4) is 0 Å². The molecule has 96 valence electrons. The predicted molar refractivity (Wildman–Crippen MR) is 84.9 cm³/mol. The largest absolute Gasteiger partial charge is 0.122 e. The van der Waals surface area contributed by atoms with E-state index >= 15 is 0 Å². The molecule has 0 heterocycles. The van der Waals surface area contributed by atoms with Crippen molar-refractivity contribution >= 4 is 34.2 Å². The molecule has 0 bridgehead atoms. The van der Waals surface area contributed by atoms with Crippen molar-refractivity contribution in [1.82, 2.24) is 0 Å². The van der Waals surface area contributed by atoms with Crippen molar-refractivity contribution in [2.45, 2.75) is 64.2 Å². The van der Waals surface area contributed by atoms with Crippen molar-refractivity contribution in [1.29, 1.82) is 0 Å². The number of alkyl halides is 2. The smallest absolute Gasteiger partial charge is 0.0404 e. The number of unbranched alkanes of at least 4 members (excludes halogenated alkanes) is 9. The third-order valence-corrected chi connectivity index (χ3v) is 3.70. The lowest BCUT2D eigenvalue weighted by Crippen LogP contribution is -1.82. The molecule has 0 amide bonds. The molecule has 0 saturated heterocycles. The van der Waals surface area contributed by atoms with Crippen LogP contribution in [-0.2, 0) is 0 Å². The van der Waals surface area contributed by atoms with Crippen molar-refractivity contribution in [2.75, 3.05) is 10.3 Å². The maximum Gasteiger partial charge on any atom is 0.0404 e. The summed E-state index contributed by atoms with van der Waals surface area (Å²) in [5.74, 6) is 0.664. The van der Waals surface area contributed by atoms with Crippen LogP contribution in [0.4, 0.5) is 0 Å². The van der Waals surface area contributed by atoms with Gasteiger partial charge in [-0.25, -0.2) is 0 Å². The Hall–Kier alpha value is 0.760. The lowest BCUT2D eigenvalue weighted by molar-refractivity contribution is 0.568. The highest BCUT2D eigenvalue weighted by atomic mass is 127. The Bertz CT molecular complexity index is 146. The molecule has 0 aliphatic heterocycles. The second-order valence-corrected chi connectivity index (χ2v) is 5.67. The second kappa shape index (κ2) is 15.8. The van der Waals surface area contributed by atoms with E-state index in [0.29, 0.717) is 5.88 Å². The van der Waals surface area contributed by atoms with Gasteiger partial charge in [0.1, 0.15) is 0 Å². The summed E-state index contributed by atoms with van der Waals surface area (Å²) in [6, 6.07) is 0. The van der Waals surface area contributed by atoms with Crippen LogP contribution in [0.2, 0.25) is 0 Å². The first-order valence-corrected chi connectivity index (χ1v) is 8.74. The van der Waals surface area contributed by atoms with Crippen molar-refractivity contribution < 1.29 is 0 Å². The topological polar surface area (TPSA) is 0 Å². The molecule has 0 fully saturated rings. The van der Waals surface area contributed by atoms with Gasteiger partial charge in [-0.3, -0.25) is 0 Å². The van der Waals surface area contributed by atoms with Gasteiger partial charge in [0, 0.05) is 5.88 Å². The lowest BCUT2D eigenvalue weighted by atomic mass is 10.1. The van der Waals surface area contributed by atoms with Crippen LogP contribution < -0.4 is 0 Å². The minimum atomic E-state index is 0.664. The van der Waals surface area contributed by atoms with Gasteiger partial charge < -0.3 is 0 Å². The second-order valence-electron chi connectivity index (χ2n) is 4.29. The minimum Gasteiger partial charge on any atom is -0.122 e. The molecule has 0 aliphatic carbocycles. The van der Waals surface area contributed by atoms with E-state index in [1.54, 1.807) is 0 Å². The molecule has 0 radical (unpaired) electrons. The molecule has 16 heavy (non-hydrogen) atoms. The fraction of sp³-hybridized carbons (Fsp3) is 0.857. The highest BCUT2D eigenvalue weighted by Crippen LogP contribution is 2.11. The first-order chi connectivity index (χ1) is 7.91. The average molecular weight is 357 g/mol. The molecule has 0 aliphatic rings. The first-order valence-electron chi connectivity index (χ1n) is 6.68. The maximum atomic E-state index is 5.55. The molecule has 2 heteroatoms. The predicted octanol–water partition coefficient (Wildman–Crippen LogP) is 6.12. The van der Waals surface area contributed by atoms with E-state index in [2.05, 4.69) is 34.7 Å². The van der Waals surface area contributed by atoms with Crippen LogP contribution in [0, 0.1) is 0 Å². The van der Waals surface area contributed by atoms with Crippen molar-refractivity contribution in [3.63, 3.8) is 0 Å². The van der Waals surface area contributed by atoms with Crippen LogP contribution in [0.3, 0.4) is 0 Å². The summed E-state index contributed by atoms with van der Waals surface area (Å²) in [4.78, 5) is 0. The lowest BCUT2D eigenvalue weighted by Gasteiger charge is -2.00. The fourth-order valence-electron chi connectivity index (χ4n) is 1.77. The van der Waals surface area contributed by atoms with Crippen LogP contribution in [0.1, 0.15) is 64.2 Å². The molecule has 0 aromatic rings. The third kappa shape index (κ3) is 14.8. The van der Waals surface area contributed by atoms with Gasteiger partial charge in [-0.05, 0) is 23.7 Å². The molecule has 0 rings (SSSR count). The molecule has 0 nitrogen and oxygen atoms in total. The molecule has 0 spiro atoms. The zero-order valence-corrected chi connectivity index (χ0v) is 13.3. The van der Waals surface area contributed by atoms with Gasteiger partial charge in [-0.2, -0.15) is 0 Å². The quantitative estimate of drug-likeness (QED) is 0.171. The fourth-order valence-corrected chi connectivity index (χ4v) is 2.44. The molecular formula is C14H26ClI. The normalized spacial score (nSPS) is 11.4. The van der Waals surface area contributed by atoms with Gasteiger partial charge in [0.25, 0.3) is 0 Å². The van der Waals surface area contributed by atoms with Gasteiger partial charge in [-0.1, -0.05) is 79.7 Å². The van der Waals surface area contributed by atoms with Crippen LogP contribution in [0.15, 0.2) is 12.2 Å². The van der Waals surface area contributed by atoms with E-state index in [-0.39, 0.29) is 0 Å². The van der Waals surface area contributed by atoms with Crippen LogP contribution in [-0.4, -0.2) is 10.3 Å². The van der Waals surface area contributed by atoms with Crippen LogP contribution in [0.25, 0.3) is 0 Å². The van der Waals surface area contributed by atoms with Gasteiger partial charge in [-0.15, -0.1) is 11.6 Å². The van der Waals surface area contributed by atoms with E-state index in [9.17, 15) is 0 Å². The summed E-state index contributed by atoms with van der Waals surface area (Å²) in [5.41, 5.74) is 0. The van der Waals surface area contributed by atoms with Crippen molar-refractivity contribution in [2.24, 2.45) is 0 Å². The Kier molecular flexibility index (Phi) is 16.5. The monoisotopic (exact) mass is 356 g/mol. The van der Waals surface area contributed by atoms with Gasteiger partial charge in [0.15, 0.2) is 0 Å². The van der Waals surface area contributed by atoms with Gasteiger partial charge in [0.2, 0.25) is 0 Å². The van der Waals surface area contributed by atoms with E-state index < -0.39 is 0 Å². The van der Waals surface area contributed by atoms with E-state index in [4.69, 9.17) is 11.6 Å². The van der Waals surface area contributed by atoms with Crippen molar-refractivity contribution in [3.05, 3.63) is 12.2 Å². The summed E-state index contributed by atoms with van der Waals surface area (Å²) < 4.78 is 1.33. The highest BCUT2D eigenvalue weighted by molar-refractivity contribution is 14.1. The number of allylic oxidation sites excluding steroid dienone is 2. The molecule has 0 aromatic heterocycles. The summed E-state index contributed by atoms with van der Waals surface area (Å²) in [6.07, 6.45) is 18.2. The summed E-state index contributed by atoms with van der Waals surface area (Å²) in [6.45, 7) is 0. The molecular weight excluding hydrogens is 331 g/mol. The number of halogens is 2. The zero-order valence-electron chi connectivity index (χ0n) is 10.4. The molecule has 0 unspecified atom stereocenters. The number of hydrogen-bond donors (Lipinski definition) is 0. The summed E-state index contributed by atoms with van der Waals surface area (Å²) in [7, 11) is 0. The van der Waals surface area contributed by atoms with Gasteiger partial charge in [0.05, 0.1) is 0 Å². The molecule has 0 saturated carbocycles. The van der Waals surface area contributed by atoms with E-state index in [1.807, 2.05) is 0 Å². The number of rotatable bonds is 12. The van der Waals surface area contributed by atoms with Gasteiger partial charge >= 0.3 is 0 Å². The Labute approximate surface area is 120 Å². The molecule has 0 atom stereocenters. The molecule has 0 aromatic carbocycles. The summed E-state index contributed by atoms with van der Waals surface area (Å²) in [5, 5.41) is 0. The average Bonchev–Trinajstić information content (AvgIpc) is 2.31. The van der Waals surface area contributed by atoms with Crippen LogP contribution >= 0.6 is 34.2 Å². The Balaban J connectivity index is 2.90. The Morgan fingerprint density at radius 1 is 0.688 bits per heavy atom. The minimum absolute atomic E-state index is 0.664. The van der Waals surface area contributed by atoms with E-state index in [0.717, 1.165) is 0 Å². The Morgan fingerprint density at radius 3 is 1.69 bits per heavy atom. The summed E-state index contributed by atoms with van der Waals surface area (Å²) >= 11 is 8.01. The third-order valence-electron chi connectivity index (χ3n) is 2.76. The molecule has 0 N–H and O–H groups in total. The zero-order chi connectivity index (χ0) is 11.9. The highest BCUT2D eigenvalue weighted by Gasteiger charge is 1.91. The SMILES string of the molecule is ClCC=CCCCCCCCCCCCI.